The van der Waals surface area contributed by atoms with Crippen LogP contribution >= 0.6 is 0 Å². The second kappa shape index (κ2) is 4.29. The molecule has 1 heterocycles. The van der Waals surface area contributed by atoms with E-state index in [1.807, 2.05) is 6.92 Å². The molecule has 2 rings (SSSR count). The zero-order valence-electron chi connectivity index (χ0n) is 9.59. The second-order valence-corrected chi connectivity index (χ2v) is 4.60. The lowest BCUT2D eigenvalue weighted by Crippen LogP contribution is -2.41. The monoisotopic (exact) mass is 237 g/mol. The number of nitrogens with zero attached hydrogens (tertiary/aromatic N) is 2. The summed E-state index contributed by atoms with van der Waals surface area (Å²) in [4.78, 5) is 14.4. The van der Waals surface area contributed by atoms with Gasteiger partial charge in [0.1, 0.15) is 0 Å². The minimum atomic E-state index is -0.529. The van der Waals surface area contributed by atoms with Gasteiger partial charge < -0.3 is 10.4 Å². The fourth-order valence-corrected chi connectivity index (χ4v) is 1.90. The topological polar surface area (TPSA) is 88.3 Å². The minimum Gasteiger partial charge on any atom is -0.394 e. The van der Waals surface area contributed by atoms with Gasteiger partial charge in [-0.05, 0) is 31.7 Å². The Morgan fingerprint density at radius 2 is 2.41 bits per heavy atom. The van der Waals surface area contributed by atoms with Gasteiger partial charge in [0.05, 0.1) is 17.1 Å². The molecule has 0 aliphatic heterocycles. The molecule has 1 saturated carbocycles. The number of hydrogen-bond acceptors (Lipinski definition) is 5. The van der Waals surface area contributed by atoms with Crippen LogP contribution in [0.25, 0.3) is 0 Å². The van der Waals surface area contributed by atoms with E-state index in [9.17, 15) is 15.2 Å². The van der Waals surface area contributed by atoms with Gasteiger partial charge in [0.25, 0.3) is 0 Å². The first-order valence-corrected chi connectivity index (χ1v) is 5.55. The summed E-state index contributed by atoms with van der Waals surface area (Å²) in [6.45, 7) is 1.80. The van der Waals surface area contributed by atoms with Gasteiger partial charge in [-0.2, -0.15) is 0 Å². The number of nitrogens with one attached hydrogen (secondary N) is 1. The van der Waals surface area contributed by atoms with Crippen molar-refractivity contribution in [2.24, 2.45) is 5.92 Å². The molecule has 0 saturated heterocycles. The van der Waals surface area contributed by atoms with E-state index in [1.54, 1.807) is 0 Å². The van der Waals surface area contributed by atoms with Crippen molar-refractivity contribution < 1.29 is 10.0 Å². The number of hydrogen-bond donors (Lipinski definition) is 2. The summed E-state index contributed by atoms with van der Waals surface area (Å²) in [5, 5.41) is 23.3. The van der Waals surface area contributed by atoms with E-state index in [0.717, 1.165) is 12.8 Å². The highest BCUT2D eigenvalue weighted by Gasteiger charge is 2.42. The molecule has 92 valence electrons. The van der Waals surface area contributed by atoms with Crippen molar-refractivity contribution in [1.82, 2.24) is 4.98 Å². The fraction of sp³-hybridized carbons (Fsp3) is 0.545. The van der Waals surface area contributed by atoms with E-state index in [-0.39, 0.29) is 18.1 Å². The standard InChI is InChI=1S/C11H15N3O3/c1-11(7-15,8-4-5-8)13-10-9(14(16)17)3-2-6-12-10/h2-3,6,8,15H,4-5,7H2,1H3,(H,12,13). The van der Waals surface area contributed by atoms with Gasteiger partial charge in [-0.1, -0.05) is 0 Å². The van der Waals surface area contributed by atoms with Gasteiger partial charge in [-0.25, -0.2) is 4.98 Å². The van der Waals surface area contributed by atoms with E-state index in [1.165, 1.54) is 18.3 Å². The first-order valence-electron chi connectivity index (χ1n) is 5.55. The Morgan fingerprint density at radius 3 is 2.94 bits per heavy atom. The maximum absolute atomic E-state index is 10.8. The first kappa shape index (κ1) is 11.8. The maximum atomic E-state index is 10.8. The lowest BCUT2D eigenvalue weighted by Gasteiger charge is -2.29. The van der Waals surface area contributed by atoms with E-state index in [4.69, 9.17) is 0 Å². The average molecular weight is 237 g/mol. The molecule has 1 aliphatic rings. The molecular formula is C11H15N3O3. The first-order chi connectivity index (χ1) is 8.07. The smallest absolute Gasteiger partial charge is 0.311 e. The molecule has 1 atom stereocenters. The van der Waals surface area contributed by atoms with Crippen molar-refractivity contribution in [3.8, 4) is 0 Å². The van der Waals surface area contributed by atoms with Crippen molar-refractivity contribution in [3.05, 3.63) is 28.4 Å². The summed E-state index contributed by atoms with van der Waals surface area (Å²) in [5.74, 6) is 0.579. The summed E-state index contributed by atoms with van der Waals surface area (Å²) >= 11 is 0. The zero-order valence-corrected chi connectivity index (χ0v) is 9.59. The normalized spacial score (nSPS) is 18.5. The molecule has 0 bridgehead atoms. The summed E-state index contributed by atoms with van der Waals surface area (Å²) in [6.07, 6.45) is 3.56. The number of aromatic nitrogens is 1. The fourth-order valence-electron chi connectivity index (χ4n) is 1.90. The molecule has 1 unspecified atom stereocenters. The van der Waals surface area contributed by atoms with Gasteiger partial charge in [-0.15, -0.1) is 0 Å². The summed E-state index contributed by atoms with van der Waals surface area (Å²) in [6, 6.07) is 2.93. The van der Waals surface area contributed by atoms with Crippen molar-refractivity contribution in [1.29, 1.82) is 0 Å². The highest BCUT2D eigenvalue weighted by Crippen LogP contribution is 2.41. The number of nitro groups is 1. The van der Waals surface area contributed by atoms with Crippen LogP contribution in [0.5, 0.6) is 0 Å². The van der Waals surface area contributed by atoms with Crippen LogP contribution in [0.15, 0.2) is 18.3 Å². The van der Waals surface area contributed by atoms with E-state index >= 15 is 0 Å². The Kier molecular flexibility index (Phi) is 2.97. The highest BCUT2D eigenvalue weighted by molar-refractivity contribution is 5.56. The van der Waals surface area contributed by atoms with Crippen LogP contribution in [-0.4, -0.2) is 27.2 Å². The van der Waals surface area contributed by atoms with E-state index < -0.39 is 10.5 Å². The largest absolute Gasteiger partial charge is 0.394 e. The number of aliphatic hydroxyl groups is 1. The maximum Gasteiger partial charge on any atom is 0.311 e. The van der Waals surface area contributed by atoms with E-state index in [0.29, 0.717) is 5.92 Å². The quantitative estimate of drug-likeness (QED) is 0.599. The van der Waals surface area contributed by atoms with Crippen molar-refractivity contribution in [3.63, 3.8) is 0 Å². The van der Waals surface area contributed by atoms with Crippen LogP contribution in [0.3, 0.4) is 0 Å². The molecule has 1 aliphatic carbocycles. The Labute approximate surface area is 98.8 Å². The molecule has 1 aromatic heterocycles. The SMILES string of the molecule is CC(CO)(Nc1ncccc1[N+](=O)[O-])C1CC1. The predicted octanol–water partition coefficient (Wildman–Crippen LogP) is 1.56. The summed E-state index contributed by atoms with van der Waals surface area (Å²) in [7, 11) is 0. The Hall–Kier alpha value is -1.69. The third kappa shape index (κ3) is 2.36. The number of anilines is 1. The molecular weight excluding hydrogens is 222 g/mol. The Morgan fingerprint density at radius 1 is 1.71 bits per heavy atom. The molecule has 1 aromatic rings. The summed E-state index contributed by atoms with van der Waals surface area (Å²) < 4.78 is 0. The number of pyridine rings is 1. The second-order valence-electron chi connectivity index (χ2n) is 4.60. The molecule has 2 N–H and O–H groups in total. The van der Waals surface area contributed by atoms with Crippen LogP contribution in [0, 0.1) is 16.0 Å². The molecule has 1 fully saturated rings. The van der Waals surface area contributed by atoms with E-state index in [2.05, 4.69) is 10.3 Å². The molecule has 0 aromatic carbocycles. The van der Waals surface area contributed by atoms with Crippen molar-refractivity contribution in [2.45, 2.75) is 25.3 Å². The van der Waals surface area contributed by atoms with Crippen molar-refractivity contribution in [2.75, 3.05) is 11.9 Å². The van der Waals surface area contributed by atoms with Crippen LogP contribution in [-0.2, 0) is 0 Å². The lowest BCUT2D eigenvalue weighted by atomic mass is 9.97. The molecule has 6 heteroatoms. The number of aliphatic hydroxyl groups excluding tert-OH is 1. The van der Waals surface area contributed by atoms with Gasteiger partial charge >= 0.3 is 5.69 Å². The predicted molar refractivity (Wildman–Crippen MR) is 62.7 cm³/mol. The Bertz CT molecular complexity index is 434. The molecule has 0 radical (unpaired) electrons. The third-order valence-corrected chi connectivity index (χ3v) is 3.19. The van der Waals surface area contributed by atoms with Crippen LogP contribution in [0.4, 0.5) is 11.5 Å². The molecule has 6 nitrogen and oxygen atoms in total. The van der Waals surface area contributed by atoms with Gasteiger partial charge in [0, 0.05) is 12.3 Å². The highest BCUT2D eigenvalue weighted by atomic mass is 16.6. The average Bonchev–Trinajstić information content (AvgIpc) is 3.13. The van der Waals surface area contributed by atoms with Gasteiger partial charge in [0.15, 0.2) is 0 Å². The third-order valence-electron chi connectivity index (χ3n) is 3.19. The van der Waals surface area contributed by atoms with Crippen LogP contribution in [0.1, 0.15) is 19.8 Å². The summed E-state index contributed by atoms with van der Waals surface area (Å²) in [5.41, 5.74) is -0.591. The van der Waals surface area contributed by atoms with Gasteiger partial charge in [-0.3, -0.25) is 10.1 Å². The van der Waals surface area contributed by atoms with Gasteiger partial charge in [0.2, 0.25) is 5.82 Å². The minimum absolute atomic E-state index is 0.0622. The lowest BCUT2D eigenvalue weighted by molar-refractivity contribution is -0.384. The molecule has 17 heavy (non-hydrogen) atoms. The molecule has 0 spiro atoms. The zero-order chi connectivity index (χ0) is 12.5. The van der Waals surface area contributed by atoms with Crippen LogP contribution < -0.4 is 5.32 Å². The van der Waals surface area contributed by atoms with Crippen molar-refractivity contribution >= 4 is 11.5 Å². The Balaban J connectivity index is 2.25. The van der Waals surface area contributed by atoms with Crippen LogP contribution in [0.2, 0.25) is 0 Å². The number of rotatable bonds is 5. The molecule has 0 amide bonds.